The van der Waals surface area contributed by atoms with Crippen molar-refractivity contribution in [3.8, 4) is 0 Å². The standard InChI is InChI=1S/C17H25N5/c1-6-14(7-2)20-16-18-13(5)19-17(22-16)21-15-11(3)9-8-10-12(15)4/h8-10,14H,6-7H2,1-5H3,(H2,18,19,20,21,22). The average molecular weight is 299 g/mol. The minimum Gasteiger partial charge on any atom is -0.351 e. The smallest absolute Gasteiger partial charge is 0.232 e. The molecule has 0 aliphatic heterocycles. The summed E-state index contributed by atoms with van der Waals surface area (Å²) in [5, 5.41) is 6.70. The summed E-state index contributed by atoms with van der Waals surface area (Å²) in [7, 11) is 0. The van der Waals surface area contributed by atoms with Gasteiger partial charge >= 0.3 is 0 Å². The van der Waals surface area contributed by atoms with Gasteiger partial charge in [0.1, 0.15) is 5.82 Å². The molecule has 0 atom stereocenters. The molecule has 0 bridgehead atoms. The Morgan fingerprint density at radius 2 is 1.50 bits per heavy atom. The lowest BCUT2D eigenvalue weighted by Crippen LogP contribution is -2.20. The first-order valence-corrected chi connectivity index (χ1v) is 7.86. The zero-order valence-electron chi connectivity index (χ0n) is 14.1. The van der Waals surface area contributed by atoms with Crippen LogP contribution in [0.25, 0.3) is 0 Å². The molecule has 0 saturated carbocycles. The third kappa shape index (κ3) is 3.93. The first-order valence-electron chi connectivity index (χ1n) is 7.86. The van der Waals surface area contributed by atoms with E-state index >= 15 is 0 Å². The zero-order chi connectivity index (χ0) is 16.1. The minimum absolute atomic E-state index is 0.384. The van der Waals surface area contributed by atoms with E-state index in [0.717, 1.165) is 18.5 Å². The van der Waals surface area contributed by atoms with Crippen LogP contribution in [0.1, 0.15) is 43.6 Å². The van der Waals surface area contributed by atoms with Crippen LogP contribution >= 0.6 is 0 Å². The highest BCUT2D eigenvalue weighted by atomic mass is 15.2. The van der Waals surface area contributed by atoms with E-state index in [1.165, 1.54) is 11.1 Å². The summed E-state index contributed by atoms with van der Waals surface area (Å²) in [6, 6.07) is 6.59. The molecule has 5 heteroatoms. The molecule has 118 valence electrons. The van der Waals surface area contributed by atoms with Crippen LogP contribution in [0.4, 0.5) is 17.6 Å². The van der Waals surface area contributed by atoms with E-state index in [-0.39, 0.29) is 0 Å². The number of rotatable bonds is 6. The number of benzene rings is 1. The van der Waals surface area contributed by atoms with Gasteiger partial charge in [0, 0.05) is 11.7 Å². The minimum atomic E-state index is 0.384. The van der Waals surface area contributed by atoms with Gasteiger partial charge in [-0.3, -0.25) is 0 Å². The van der Waals surface area contributed by atoms with Crippen LogP contribution < -0.4 is 10.6 Å². The van der Waals surface area contributed by atoms with Crippen LogP contribution in [0.15, 0.2) is 18.2 Å². The Balaban J connectivity index is 2.26. The normalized spacial score (nSPS) is 10.8. The molecule has 0 amide bonds. The molecule has 0 radical (unpaired) electrons. The SMILES string of the molecule is CCC(CC)Nc1nc(C)nc(Nc2c(C)cccc2C)n1. The van der Waals surface area contributed by atoms with E-state index in [2.05, 4.69) is 71.5 Å². The fourth-order valence-corrected chi connectivity index (χ4v) is 2.40. The van der Waals surface area contributed by atoms with Crippen molar-refractivity contribution in [3.63, 3.8) is 0 Å². The molecule has 1 heterocycles. The van der Waals surface area contributed by atoms with Crippen molar-refractivity contribution in [1.82, 2.24) is 15.0 Å². The van der Waals surface area contributed by atoms with E-state index in [4.69, 9.17) is 0 Å². The van der Waals surface area contributed by atoms with E-state index < -0.39 is 0 Å². The molecule has 0 spiro atoms. The van der Waals surface area contributed by atoms with Gasteiger partial charge in [0.2, 0.25) is 11.9 Å². The lowest BCUT2D eigenvalue weighted by molar-refractivity contribution is 0.663. The van der Waals surface area contributed by atoms with E-state index in [1.54, 1.807) is 0 Å². The number of hydrogen-bond acceptors (Lipinski definition) is 5. The second-order valence-electron chi connectivity index (χ2n) is 5.58. The maximum Gasteiger partial charge on any atom is 0.232 e. The van der Waals surface area contributed by atoms with Crippen molar-refractivity contribution in [2.24, 2.45) is 0 Å². The number of nitrogens with zero attached hydrogens (tertiary/aromatic N) is 3. The molecule has 2 rings (SSSR count). The quantitative estimate of drug-likeness (QED) is 0.839. The number of aromatic nitrogens is 3. The first-order chi connectivity index (χ1) is 10.5. The summed E-state index contributed by atoms with van der Waals surface area (Å²) < 4.78 is 0. The van der Waals surface area contributed by atoms with Crippen molar-refractivity contribution < 1.29 is 0 Å². The first kappa shape index (κ1) is 16.2. The van der Waals surface area contributed by atoms with E-state index in [9.17, 15) is 0 Å². The fraction of sp³-hybridized carbons (Fsp3) is 0.471. The summed E-state index contributed by atoms with van der Waals surface area (Å²) in [6.45, 7) is 10.4. The van der Waals surface area contributed by atoms with Crippen molar-refractivity contribution in [1.29, 1.82) is 0 Å². The Morgan fingerprint density at radius 1 is 0.909 bits per heavy atom. The van der Waals surface area contributed by atoms with Crippen LogP contribution in [0.2, 0.25) is 0 Å². The molecule has 5 nitrogen and oxygen atoms in total. The van der Waals surface area contributed by atoms with E-state index in [1.807, 2.05) is 6.92 Å². The molecule has 22 heavy (non-hydrogen) atoms. The Morgan fingerprint density at radius 3 is 2.09 bits per heavy atom. The summed E-state index contributed by atoms with van der Waals surface area (Å²) >= 11 is 0. The number of aryl methyl sites for hydroxylation is 3. The van der Waals surface area contributed by atoms with E-state index in [0.29, 0.717) is 23.8 Å². The van der Waals surface area contributed by atoms with Crippen molar-refractivity contribution in [3.05, 3.63) is 35.2 Å². The van der Waals surface area contributed by atoms with Crippen molar-refractivity contribution in [2.45, 2.75) is 53.5 Å². The predicted octanol–water partition coefficient (Wildman–Crippen LogP) is 4.14. The fourth-order valence-electron chi connectivity index (χ4n) is 2.40. The Hall–Kier alpha value is -2.17. The largest absolute Gasteiger partial charge is 0.351 e. The van der Waals surface area contributed by atoms with Crippen LogP contribution in [0.3, 0.4) is 0 Å². The van der Waals surface area contributed by atoms with Gasteiger partial charge in [-0.2, -0.15) is 15.0 Å². The van der Waals surface area contributed by atoms with Gasteiger partial charge in [-0.25, -0.2) is 0 Å². The molecule has 1 aromatic heterocycles. The molecule has 0 saturated heterocycles. The predicted molar refractivity (Wildman–Crippen MR) is 91.8 cm³/mol. The molecule has 2 N–H and O–H groups in total. The van der Waals surface area contributed by atoms with Gasteiger partial charge in [0.25, 0.3) is 0 Å². The maximum atomic E-state index is 4.50. The highest BCUT2D eigenvalue weighted by Crippen LogP contribution is 2.23. The lowest BCUT2D eigenvalue weighted by Gasteiger charge is -2.16. The Kier molecular flexibility index (Phi) is 5.31. The third-order valence-electron chi connectivity index (χ3n) is 3.78. The lowest BCUT2D eigenvalue weighted by atomic mass is 10.1. The molecule has 0 fully saturated rings. The number of hydrogen-bond donors (Lipinski definition) is 2. The molecular weight excluding hydrogens is 274 g/mol. The summed E-state index contributed by atoms with van der Waals surface area (Å²) in [5.41, 5.74) is 3.40. The number of para-hydroxylation sites is 1. The summed E-state index contributed by atoms with van der Waals surface area (Å²) in [6.07, 6.45) is 2.09. The second-order valence-corrected chi connectivity index (χ2v) is 5.58. The van der Waals surface area contributed by atoms with Gasteiger partial charge in [0.05, 0.1) is 0 Å². The highest BCUT2D eigenvalue weighted by molar-refractivity contribution is 5.63. The van der Waals surface area contributed by atoms with Gasteiger partial charge in [-0.05, 0) is 44.7 Å². The summed E-state index contributed by atoms with van der Waals surface area (Å²) in [5.74, 6) is 1.92. The van der Waals surface area contributed by atoms with Crippen LogP contribution in [-0.2, 0) is 0 Å². The molecule has 2 aromatic rings. The summed E-state index contributed by atoms with van der Waals surface area (Å²) in [4.78, 5) is 13.3. The van der Waals surface area contributed by atoms with Gasteiger partial charge in [-0.1, -0.05) is 32.0 Å². The third-order valence-corrected chi connectivity index (χ3v) is 3.78. The highest BCUT2D eigenvalue weighted by Gasteiger charge is 2.10. The van der Waals surface area contributed by atoms with Crippen molar-refractivity contribution >= 4 is 17.6 Å². The average Bonchev–Trinajstić information content (AvgIpc) is 2.48. The van der Waals surface area contributed by atoms with Gasteiger partial charge in [-0.15, -0.1) is 0 Å². The van der Waals surface area contributed by atoms with Gasteiger partial charge in [0.15, 0.2) is 0 Å². The molecule has 1 aromatic carbocycles. The topological polar surface area (TPSA) is 62.7 Å². The van der Waals surface area contributed by atoms with Crippen molar-refractivity contribution in [2.75, 3.05) is 10.6 Å². The monoisotopic (exact) mass is 299 g/mol. The van der Waals surface area contributed by atoms with Gasteiger partial charge < -0.3 is 10.6 Å². The molecule has 0 aliphatic rings. The van der Waals surface area contributed by atoms with Crippen LogP contribution in [0.5, 0.6) is 0 Å². The Bertz CT molecular complexity index is 615. The number of anilines is 3. The Labute approximate surface area is 132 Å². The van der Waals surface area contributed by atoms with Crippen LogP contribution in [-0.4, -0.2) is 21.0 Å². The molecule has 0 unspecified atom stereocenters. The van der Waals surface area contributed by atoms with Crippen LogP contribution in [0, 0.1) is 20.8 Å². The zero-order valence-corrected chi connectivity index (χ0v) is 14.1. The molecule has 0 aliphatic carbocycles. The molecular formula is C17H25N5. The second kappa shape index (κ2) is 7.20. The maximum absolute atomic E-state index is 4.50. The number of nitrogens with one attached hydrogen (secondary N) is 2.